The van der Waals surface area contributed by atoms with E-state index in [-0.39, 0.29) is 36.7 Å². The molecule has 0 saturated carbocycles. The molecule has 0 saturated heterocycles. The van der Waals surface area contributed by atoms with Crippen molar-refractivity contribution >= 4 is 69.1 Å². The van der Waals surface area contributed by atoms with Crippen molar-refractivity contribution in [2.75, 3.05) is 17.2 Å². The second kappa shape index (κ2) is 18.1. The first-order chi connectivity index (χ1) is 25.9. The number of carbonyl (C=O) groups excluding carboxylic acids is 6. The number of imide groups is 1. The van der Waals surface area contributed by atoms with Crippen LogP contribution in [0.15, 0.2) is 60.7 Å². The van der Waals surface area contributed by atoms with Crippen molar-refractivity contribution in [2.24, 2.45) is 5.73 Å². The van der Waals surface area contributed by atoms with E-state index < -0.39 is 36.3 Å². The molecule has 2 aromatic carbocycles. The van der Waals surface area contributed by atoms with Crippen molar-refractivity contribution in [1.82, 2.24) is 24.8 Å². The lowest BCUT2D eigenvalue weighted by Crippen LogP contribution is -2.46. The summed E-state index contributed by atoms with van der Waals surface area (Å²) in [6, 6.07) is 13.7. The Hall–Kier alpha value is -6.12. The Morgan fingerprint density at radius 1 is 0.889 bits per heavy atom. The van der Waals surface area contributed by atoms with Gasteiger partial charge in [0.05, 0.1) is 23.6 Å². The maximum absolute atomic E-state index is 13.7. The Balaban J connectivity index is 1.36. The van der Waals surface area contributed by atoms with Crippen LogP contribution in [-0.4, -0.2) is 73.8 Å². The SMILES string of the molecule is CCCCc1nc2c(NC(=O)[C@H](CC(N)=O)NC(=O)CCCCCN3C(=O)C=CC3=O)nc3ccccc3c2n1Cc1ccc(NC(=O)OC(C)C)cc1. The van der Waals surface area contributed by atoms with Gasteiger partial charge in [0.2, 0.25) is 17.7 Å². The van der Waals surface area contributed by atoms with Gasteiger partial charge in [0.15, 0.2) is 5.82 Å². The van der Waals surface area contributed by atoms with Crippen LogP contribution < -0.4 is 21.7 Å². The van der Waals surface area contributed by atoms with Gasteiger partial charge in [0.1, 0.15) is 17.4 Å². The van der Waals surface area contributed by atoms with Crippen LogP contribution in [0.4, 0.5) is 16.3 Å². The molecule has 0 radical (unpaired) electrons. The van der Waals surface area contributed by atoms with Crippen molar-refractivity contribution in [1.29, 1.82) is 0 Å². The van der Waals surface area contributed by atoms with Crippen LogP contribution in [0.25, 0.3) is 21.9 Å². The third-order valence-corrected chi connectivity index (χ3v) is 8.78. The highest BCUT2D eigenvalue weighted by Crippen LogP contribution is 2.32. The van der Waals surface area contributed by atoms with E-state index in [0.717, 1.165) is 40.0 Å². The average molecular weight is 739 g/mol. The molecule has 15 nitrogen and oxygen atoms in total. The lowest BCUT2D eigenvalue weighted by molar-refractivity contribution is -0.137. The predicted octanol–water partition coefficient (Wildman–Crippen LogP) is 4.72. The maximum atomic E-state index is 13.7. The molecule has 54 heavy (non-hydrogen) atoms. The van der Waals surface area contributed by atoms with E-state index >= 15 is 0 Å². The summed E-state index contributed by atoms with van der Waals surface area (Å²) < 4.78 is 7.29. The number of nitrogens with one attached hydrogen (secondary N) is 3. The smallest absolute Gasteiger partial charge is 0.411 e. The standard InChI is InChI=1S/C39H46N8O7/c1-4-5-13-31-44-35-36(47(31)23-25-15-17-26(18-16-25)41-39(53)54-24(2)3)27-11-8-9-12-28(27)43-37(35)45-38(52)29(22-30(40)48)42-32(49)14-7-6-10-21-46-33(50)19-20-34(46)51/h8-9,11-12,15-20,24,29H,4-7,10,13-14,21-23H2,1-3H3,(H2,40,48)(H,41,53)(H,42,49)(H,43,45,52)/t29-/m0/s1. The average Bonchev–Trinajstić information content (AvgIpc) is 3.65. The number of pyridine rings is 1. The number of benzene rings is 2. The van der Waals surface area contributed by atoms with Crippen LogP contribution in [0.2, 0.25) is 0 Å². The van der Waals surface area contributed by atoms with Gasteiger partial charge < -0.3 is 25.7 Å². The zero-order chi connectivity index (χ0) is 38.8. The zero-order valence-electron chi connectivity index (χ0n) is 30.7. The van der Waals surface area contributed by atoms with E-state index in [2.05, 4.69) is 27.4 Å². The molecule has 1 atom stereocenters. The third-order valence-electron chi connectivity index (χ3n) is 8.78. The van der Waals surface area contributed by atoms with Crippen molar-refractivity contribution in [3.05, 3.63) is 72.1 Å². The molecule has 4 aromatic rings. The number of fused-ring (bicyclic) bond motifs is 3. The van der Waals surface area contributed by atoms with Crippen LogP contribution >= 0.6 is 0 Å². The highest BCUT2D eigenvalue weighted by atomic mass is 16.6. The minimum atomic E-state index is -1.27. The summed E-state index contributed by atoms with van der Waals surface area (Å²) in [6.45, 7) is 6.34. The molecular weight excluding hydrogens is 692 g/mol. The second-order valence-electron chi connectivity index (χ2n) is 13.4. The van der Waals surface area contributed by atoms with Gasteiger partial charge >= 0.3 is 6.09 Å². The minimum Gasteiger partial charge on any atom is -0.447 e. The number of ether oxygens (including phenoxy) is 1. The van der Waals surface area contributed by atoms with E-state index in [1.807, 2.05) is 36.4 Å². The number of carbonyl (C=O) groups is 6. The van der Waals surface area contributed by atoms with E-state index in [0.29, 0.717) is 48.9 Å². The summed E-state index contributed by atoms with van der Waals surface area (Å²) in [5.74, 6) is -1.64. The molecule has 0 spiro atoms. The lowest BCUT2D eigenvalue weighted by atomic mass is 10.1. The first-order valence-electron chi connectivity index (χ1n) is 18.2. The zero-order valence-corrected chi connectivity index (χ0v) is 30.7. The molecule has 0 fully saturated rings. The minimum absolute atomic E-state index is 0.0609. The Labute approximate surface area is 312 Å². The summed E-state index contributed by atoms with van der Waals surface area (Å²) in [6.07, 6.45) is 5.28. The normalized spacial score (nSPS) is 13.1. The third kappa shape index (κ3) is 10.1. The monoisotopic (exact) mass is 738 g/mol. The molecule has 0 aliphatic carbocycles. The Morgan fingerprint density at radius 2 is 1.61 bits per heavy atom. The highest BCUT2D eigenvalue weighted by molar-refractivity contribution is 6.13. The number of nitrogens with two attached hydrogens (primary N) is 1. The van der Waals surface area contributed by atoms with Crippen molar-refractivity contribution in [2.45, 2.75) is 90.8 Å². The number of aromatic nitrogens is 3. The fourth-order valence-corrected chi connectivity index (χ4v) is 6.17. The maximum Gasteiger partial charge on any atom is 0.411 e. The van der Waals surface area contributed by atoms with E-state index in [9.17, 15) is 28.8 Å². The quantitative estimate of drug-likeness (QED) is 0.0822. The second-order valence-corrected chi connectivity index (χ2v) is 13.4. The largest absolute Gasteiger partial charge is 0.447 e. The van der Waals surface area contributed by atoms with Gasteiger partial charge in [-0.1, -0.05) is 50.1 Å². The number of hydrogen-bond acceptors (Lipinski definition) is 9. The Morgan fingerprint density at radius 3 is 2.30 bits per heavy atom. The van der Waals surface area contributed by atoms with Crippen LogP contribution in [0.5, 0.6) is 0 Å². The van der Waals surface area contributed by atoms with Crippen LogP contribution in [-0.2, 0) is 41.7 Å². The van der Waals surface area contributed by atoms with Gasteiger partial charge in [-0.3, -0.25) is 34.2 Å². The Kier molecular flexibility index (Phi) is 13.1. The summed E-state index contributed by atoms with van der Waals surface area (Å²) in [4.78, 5) is 85.2. The number of imidazole rings is 1. The van der Waals surface area contributed by atoms with Crippen LogP contribution in [0.3, 0.4) is 0 Å². The van der Waals surface area contributed by atoms with Crippen LogP contribution in [0.1, 0.15) is 77.1 Å². The molecule has 5 rings (SSSR count). The van der Waals surface area contributed by atoms with Crippen molar-refractivity contribution in [3.63, 3.8) is 0 Å². The molecule has 2 aromatic heterocycles. The van der Waals surface area contributed by atoms with Gasteiger partial charge in [-0.15, -0.1) is 0 Å². The molecule has 5 N–H and O–H groups in total. The molecule has 1 aliphatic rings. The van der Waals surface area contributed by atoms with E-state index in [1.165, 1.54) is 12.2 Å². The molecule has 0 unspecified atom stereocenters. The fourth-order valence-electron chi connectivity index (χ4n) is 6.17. The summed E-state index contributed by atoms with van der Waals surface area (Å²) in [7, 11) is 0. The molecule has 3 heterocycles. The van der Waals surface area contributed by atoms with E-state index in [4.69, 9.17) is 20.4 Å². The first-order valence-corrected chi connectivity index (χ1v) is 18.2. The molecule has 15 heteroatoms. The van der Waals surface area contributed by atoms with Gasteiger partial charge in [-0.2, -0.15) is 0 Å². The highest BCUT2D eigenvalue weighted by Gasteiger charge is 2.27. The lowest BCUT2D eigenvalue weighted by Gasteiger charge is -2.18. The van der Waals surface area contributed by atoms with Gasteiger partial charge in [0, 0.05) is 49.2 Å². The topological polar surface area (TPSA) is 208 Å². The number of amides is 6. The molecule has 284 valence electrons. The molecular formula is C39H46N8O7. The van der Waals surface area contributed by atoms with Crippen LogP contribution in [0, 0.1) is 0 Å². The molecule has 0 bridgehead atoms. The summed E-state index contributed by atoms with van der Waals surface area (Å²) in [5.41, 5.74) is 8.85. The van der Waals surface area contributed by atoms with E-state index in [1.54, 1.807) is 26.0 Å². The van der Waals surface area contributed by atoms with Crippen molar-refractivity contribution < 1.29 is 33.5 Å². The predicted molar refractivity (Wildman–Crippen MR) is 203 cm³/mol. The number of para-hydroxylation sites is 1. The van der Waals surface area contributed by atoms with Crippen molar-refractivity contribution in [3.8, 4) is 0 Å². The number of rotatable bonds is 18. The molecule has 6 amide bonds. The summed E-state index contributed by atoms with van der Waals surface area (Å²) >= 11 is 0. The number of hydrogen-bond donors (Lipinski definition) is 4. The number of unbranched alkanes of at least 4 members (excludes halogenated alkanes) is 3. The van der Waals surface area contributed by atoms with Gasteiger partial charge in [-0.05, 0) is 56.9 Å². The number of aryl methyl sites for hydroxylation is 1. The number of anilines is 2. The molecule has 1 aliphatic heterocycles. The number of nitrogens with zero attached hydrogens (tertiary/aromatic N) is 4. The fraction of sp³-hybridized carbons (Fsp3) is 0.385. The van der Waals surface area contributed by atoms with Gasteiger partial charge in [-0.25, -0.2) is 14.8 Å². The summed E-state index contributed by atoms with van der Waals surface area (Å²) in [5, 5.41) is 9.02. The first kappa shape index (κ1) is 39.1. The number of primary amides is 1. The van der Waals surface area contributed by atoms with Gasteiger partial charge in [0.25, 0.3) is 11.8 Å². The Bertz CT molecular complexity index is 2050.